The zero-order valence-electron chi connectivity index (χ0n) is 10.1. The first kappa shape index (κ1) is 13.9. The van der Waals surface area contributed by atoms with Crippen molar-refractivity contribution in [1.82, 2.24) is 0 Å². The minimum Gasteiger partial charge on any atom is -0.382 e. The van der Waals surface area contributed by atoms with E-state index in [0.717, 1.165) is 33.0 Å². The lowest BCUT2D eigenvalue weighted by molar-refractivity contribution is 0.0777. The van der Waals surface area contributed by atoms with Crippen LogP contribution in [0.1, 0.15) is 6.92 Å². The maximum atomic E-state index is 5.23. The summed E-state index contributed by atoms with van der Waals surface area (Å²) in [6.07, 6.45) is 0.785. The van der Waals surface area contributed by atoms with Crippen LogP contribution in [0.25, 0.3) is 0 Å². The highest BCUT2D eigenvalue weighted by molar-refractivity contribution is 4.71. The first-order chi connectivity index (χ1) is 7.86. The van der Waals surface area contributed by atoms with E-state index in [1.807, 2.05) is 6.92 Å². The van der Waals surface area contributed by atoms with Crippen LogP contribution in [0.2, 0.25) is 0 Å². The monoisotopic (exact) mass is 234 g/mol. The van der Waals surface area contributed by atoms with Crippen LogP contribution in [0, 0.1) is 0 Å². The number of hydrogen-bond donors (Lipinski definition) is 0. The topological polar surface area (TPSA) is 52.8 Å². The van der Waals surface area contributed by atoms with Crippen LogP contribution < -0.4 is 0 Å². The predicted molar refractivity (Wildman–Crippen MR) is 58.7 cm³/mol. The zero-order chi connectivity index (χ0) is 11.6. The summed E-state index contributed by atoms with van der Waals surface area (Å²) in [4.78, 5) is 0. The quantitative estimate of drug-likeness (QED) is 0.451. The average Bonchev–Trinajstić information content (AvgIpc) is 3.14. The van der Waals surface area contributed by atoms with E-state index in [0.29, 0.717) is 25.4 Å². The number of rotatable bonds is 8. The fraction of sp³-hybridized carbons (Fsp3) is 1.00. The molecule has 0 bridgehead atoms. The van der Waals surface area contributed by atoms with Crippen LogP contribution in [0.15, 0.2) is 0 Å². The molecular formula is C11H22O5. The molecule has 2 atom stereocenters. The van der Waals surface area contributed by atoms with Crippen LogP contribution in [0.4, 0.5) is 0 Å². The fourth-order valence-electron chi connectivity index (χ4n) is 0.946. The predicted octanol–water partition coefficient (Wildman–Crippen LogP) is 0.470. The van der Waals surface area contributed by atoms with Gasteiger partial charge in [0.15, 0.2) is 0 Å². The van der Waals surface area contributed by atoms with E-state index >= 15 is 0 Å². The van der Waals surface area contributed by atoms with Gasteiger partial charge in [0, 0.05) is 13.7 Å². The molecule has 0 N–H and O–H groups in total. The van der Waals surface area contributed by atoms with Gasteiger partial charge < -0.3 is 23.7 Å². The average molecular weight is 234 g/mol. The maximum absolute atomic E-state index is 5.23. The number of hydrogen-bond acceptors (Lipinski definition) is 5. The van der Waals surface area contributed by atoms with Gasteiger partial charge >= 0.3 is 0 Å². The second-order valence-corrected chi connectivity index (χ2v) is 3.64. The third-order valence-corrected chi connectivity index (χ3v) is 2.05. The molecule has 5 nitrogen and oxygen atoms in total. The molecule has 2 heterocycles. The molecule has 0 radical (unpaired) electrons. The minimum atomic E-state index is 0.392. The molecule has 2 rings (SSSR count). The molecule has 2 aliphatic rings. The van der Waals surface area contributed by atoms with Crippen LogP contribution in [-0.2, 0) is 23.7 Å². The van der Waals surface area contributed by atoms with E-state index in [1.54, 1.807) is 7.11 Å². The summed E-state index contributed by atoms with van der Waals surface area (Å²) >= 11 is 0. The lowest BCUT2D eigenvalue weighted by Gasteiger charge is -1.96. The Morgan fingerprint density at radius 3 is 1.94 bits per heavy atom. The van der Waals surface area contributed by atoms with Gasteiger partial charge in [-0.2, -0.15) is 0 Å². The van der Waals surface area contributed by atoms with Crippen LogP contribution in [-0.4, -0.2) is 65.6 Å². The van der Waals surface area contributed by atoms with Gasteiger partial charge in [0.2, 0.25) is 0 Å². The van der Waals surface area contributed by atoms with Gasteiger partial charge in [0.05, 0.1) is 39.6 Å². The molecule has 2 unspecified atom stereocenters. The van der Waals surface area contributed by atoms with E-state index in [2.05, 4.69) is 0 Å². The highest BCUT2D eigenvalue weighted by Crippen LogP contribution is 2.12. The van der Waals surface area contributed by atoms with Crippen molar-refractivity contribution >= 4 is 0 Å². The summed E-state index contributed by atoms with van der Waals surface area (Å²) in [5.74, 6) is 0. The standard InChI is InChI=1S/C6H10O3.C5H12O2/c1(5-3-8-5)7-2-6-4-9-6;1-3-7-5-4-6-2/h5-6H,1-4H2;3-5H2,1-2H3. The van der Waals surface area contributed by atoms with Crippen molar-refractivity contribution in [2.75, 3.05) is 53.4 Å². The van der Waals surface area contributed by atoms with E-state index in [9.17, 15) is 0 Å². The minimum absolute atomic E-state index is 0.392. The molecule has 16 heavy (non-hydrogen) atoms. The SMILES string of the molecule is C(OCC1CO1)C1CO1.CCOCCOC. The highest BCUT2D eigenvalue weighted by Gasteiger charge is 2.26. The second-order valence-electron chi connectivity index (χ2n) is 3.64. The lowest BCUT2D eigenvalue weighted by Crippen LogP contribution is -2.06. The summed E-state index contributed by atoms with van der Waals surface area (Å²) in [6, 6.07) is 0. The third-order valence-electron chi connectivity index (χ3n) is 2.05. The Morgan fingerprint density at radius 1 is 1.00 bits per heavy atom. The molecule has 0 aromatic carbocycles. The van der Waals surface area contributed by atoms with Gasteiger partial charge in [-0.25, -0.2) is 0 Å². The van der Waals surface area contributed by atoms with Gasteiger partial charge in [-0.3, -0.25) is 0 Å². The molecule has 0 aromatic heterocycles. The van der Waals surface area contributed by atoms with E-state index in [-0.39, 0.29) is 0 Å². The molecule has 0 amide bonds. The molecule has 96 valence electrons. The molecule has 2 saturated heterocycles. The Bertz CT molecular complexity index is 140. The van der Waals surface area contributed by atoms with Gasteiger partial charge in [0.25, 0.3) is 0 Å². The van der Waals surface area contributed by atoms with Crippen LogP contribution in [0.3, 0.4) is 0 Å². The molecule has 0 aromatic rings. The third kappa shape index (κ3) is 9.06. The van der Waals surface area contributed by atoms with Crippen molar-refractivity contribution in [3.63, 3.8) is 0 Å². The summed E-state index contributed by atoms with van der Waals surface area (Å²) in [5, 5.41) is 0. The van der Waals surface area contributed by atoms with Crippen molar-refractivity contribution < 1.29 is 23.7 Å². The van der Waals surface area contributed by atoms with Crippen molar-refractivity contribution in [2.45, 2.75) is 19.1 Å². The largest absolute Gasteiger partial charge is 0.382 e. The Hall–Kier alpha value is -0.200. The van der Waals surface area contributed by atoms with Crippen LogP contribution in [0.5, 0.6) is 0 Å². The van der Waals surface area contributed by atoms with E-state index < -0.39 is 0 Å². The Labute approximate surface area is 97.0 Å². The summed E-state index contributed by atoms with van der Waals surface area (Å²) < 4.78 is 24.8. The molecule has 0 saturated carbocycles. The first-order valence-electron chi connectivity index (χ1n) is 5.74. The summed E-state index contributed by atoms with van der Waals surface area (Å²) in [7, 11) is 1.67. The van der Waals surface area contributed by atoms with Gasteiger partial charge in [-0.15, -0.1) is 0 Å². The smallest absolute Gasteiger partial charge is 0.104 e. The zero-order valence-corrected chi connectivity index (χ0v) is 10.1. The van der Waals surface area contributed by atoms with E-state index in [4.69, 9.17) is 23.7 Å². The van der Waals surface area contributed by atoms with Gasteiger partial charge in [-0.1, -0.05) is 0 Å². The molecule has 0 spiro atoms. The van der Waals surface area contributed by atoms with Gasteiger partial charge in [-0.05, 0) is 6.92 Å². The molecule has 2 aliphatic heterocycles. The van der Waals surface area contributed by atoms with E-state index in [1.165, 1.54) is 0 Å². The fourth-order valence-corrected chi connectivity index (χ4v) is 0.946. The summed E-state index contributed by atoms with van der Waals surface area (Å²) in [6.45, 7) is 7.43. The summed E-state index contributed by atoms with van der Waals surface area (Å²) in [5.41, 5.74) is 0. The van der Waals surface area contributed by atoms with Crippen molar-refractivity contribution in [3.8, 4) is 0 Å². The van der Waals surface area contributed by atoms with Crippen molar-refractivity contribution in [1.29, 1.82) is 0 Å². The highest BCUT2D eigenvalue weighted by atomic mass is 16.6. The molecular weight excluding hydrogens is 212 g/mol. The Morgan fingerprint density at radius 2 is 1.56 bits per heavy atom. The van der Waals surface area contributed by atoms with Crippen molar-refractivity contribution in [3.05, 3.63) is 0 Å². The Kier molecular flexibility index (Phi) is 7.71. The molecule has 2 fully saturated rings. The first-order valence-corrected chi connectivity index (χ1v) is 5.74. The second kappa shape index (κ2) is 8.90. The molecule has 5 heteroatoms. The normalized spacial score (nSPS) is 25.9. The molecule has 0 aliphatic carbocycles. The maximum Gasteiger partial charge on any atom is 0.104 e. The number of epoxide rings is 2. The number of methoxy groups -OCH3 is 1. The Balaban J connectivity index is 0.000000168. The lowest BCUT2D eigenvalue weighted by atomic mass is 10.5. The van der Waals surface area contributed by atoms with Crippen LogP contribution >= 0.6 is 0 Å². The van der Waals surface area contributed by atoms with Crippen molar-refractivity contribution in [2.24, 2.45) is 0 Å². The number of ether oxygens (including phenoxy) is 5. The van der Waals surface area contributed by atoms with Gasteiger partial charge in [0.1, 0.15) is 12.2 Å².